The highest BCUT2D eigenvalue weighted by molar-refractivity contribution is 7.92. The van der Waals surface area contributed by atoms with Crippen molar-refractivity contribution in [3.8, 4) is 5.75 Å². The fourth-order valence-corrected chi connectivity index (χ4v) is 5.53. The van der Waals surface area contributed by atoms with Crippen molar-refractivity contribution >= 4 is 50.7 Å². The summed E-state index contributed by atoms with van der Waals surface area (Å²) in [5.74, 6) is -0.489. The lowest BCUT2D eigenvalue weighted by molar-refractivity contribution is -0.139. The molecule has 0 saturated heterocycles. The zero-order chi connectivity index (χ0) is 27.2. The lowest BCUT2D eigenvalue weighted by Crippen LogP contribution is -2.50. The predicted octanol–water partition coefficient (Wildman–Crippen LogP) is 4.36. The van der Waals surface area contributed by atoms with Gasteiger partial charge in [0, 0.05) is 23.6 Å². The van der Waals surface area contributed by atoms with Gasteiger partial charge in [0.25, 0.3) is 10.0 Å². The quantitative estimate of drug-likeness (QED) is 0.395. The van der Waals surface area contributed by atoms with Crippen LogP contribution in [0.25, 0.3) is 0 Å². The fraction of sp³-hybridized carbons (Fsp3) is 0.231. The molecule has 0 aliphatic carbocycles. The van der Waals surface area contributed by atoms with Gasteiger partial charge < -0.3 is 15.0 Å². The van der Waals surface area contributed by atoms with Crippen molar-refractivity contribution in [2.75, 3.05) is 25.0 Å². The van der Waals surface area contributed by atoms with Gasteiger partial charge in [0.1, 0.15) is 18.3 Å². The van der Waals surface area contributed by atoms with Crippen LogP contribution in [-0.2, 0) is 26.2 Å². The number of methoxy groups -OCH3 is 1. The minimum Gasteiger partial charge on any atom is -0.497 e. The number of rotatable bonds is 10. The molecular formula is C26H27Cl2N3O5S. The Balaban J connectivity index is 2.04. The van der Waals surface area contributed by atoms with E-state index in [0.29, 0.717) is 21.4 Å². The Bertz CT molecular complexity index is 1350. The molecule has 0 aliphatic rings. The number of halogens is 2. The van der Waals surface area contributed by atoms with Crippen LogP contribution in [0, 0.1) is 0 Å². The van der Waals surface area contributed by atoms with Gasteiger partial charge in [0.2, 0.25) is 11.8 Å². The van der Waals surface area contributed by atoms with E-state index >= 15 is 0 Å². The number of carbonyl (C=O) groups excluding carboxylic acids is 2. The molecule has 2 amide bonds. The highest BCUT2D eigenvalue weighted by Gasteiger charge is 2.32. The third kappa shape index (κ3) is 6.74. The van der Waals surface area contributed by atoms with E-state index in [2.05, 4.69) is 5.32 Å². The zero-order valence-electron chi connectivity index (χ0n) is 20.5. The minimum atomic E-state index is -4.14. The van der Waals surface area contributed by atoms with Gasteiger partial charge in [-0.25, -0.2) is 8.42 Å². The summed E-state index contributed by atoms with van der Waals surface area (Å²) in [6, 6.07) is 18.0. The van der Waals surface area contributed by atoms with Crippen molar-refractivity contribution in [1.82, 2.24) is 10.2 Å². The van der Waals surface area contributed by atoms with Gasteiger partial charge in [0.05, 0.1) is 17.7 Å². The van der Waals surface area contributed by atoms with Crippen LogP contribution in [0.4, 0.5) is 5.69 Å². The SMILES string of the molecule is CNC(=O)C(C)N(Cc1ccc(Cl)cc1Cl)C(=O)CN(c1ccc(OC)cc1)S(=O)(=O)c1ccccc1. The summed E-state index contributed by atoms with van der Waals surface area (Å²) in [6.07, 6.45) is 0. The first-order chi connectivity index (χ1) is 17.6. The Morgan fingerprint density at radius 2 is 1.65 bits per heavy atom. The van der Waals surface area contributed by atoms with Gasteiger partial charge >= 0.3 is 0 Å². The lowest BCUT2D eigenvalue weighted by atomic mass is 10.1. The van der Waals surface area contributed by atoms with Crippen molar-refractivity contribution in [2.45, 2.75) is 24.4 Å². The molecule has 8 nitrogen and oxygen atoms in total. The number of hydrogen-bond donors (Lipinski definition) is 1. The van der Waals surface area contributed by atoms with Crippen molar-refractivity contribution in [1.29, 1.82) is 0 Å². The van der Waals surface area contributed by atoms with E-state index in [-0.39, 0.29) is 17.1 Å². The monoisotopic (exact) mass is 563 g/mol. The van der Waals surface area contributed by atoms with E-state index < -0.39 is 34.4 Å². The van der Waals surface area contributed by atoms with Crippen molar-refractivity contribution in [2.24, 2.45) is 0 Å². The lowest BCUT2D eigenvalue weighted by Gasteiger charge is -2.32. The maximum atomic E-state index is 13.7. The normalized spacial score (nSPS) is 11.9. The van der Waals surface area contributed by atoms with Gasteiger partial charge in [0.15, 0.2) is 0 Å². The van der Waals surface area contributed by atoms with Crippen LogP contribution in [0.1, 0.15) is 12.5 Å². The summed E-state index contributed by atoms with van der Waals surface area (Å²) in [5, 5.41) is 3.27. The third-order valence-electron chi connectivity index (χ3n) is 5.74. The molecule has 0 aromatic heterocycles. The summed E-state index contributed by atoms with van der Waals surface area (Å²) >= 11 is 12.3. The van der Waals surface area contributed by atoms with Crippen LogP contribution in [0.3, 0.4) is 0 Å². The smallest absolute Gasteiger partial charge is 0.264 e. The molecule has 0 spiro atoms. The van der Waals surface area contributed by atoms with Crippen molar-refractivity contribution in [3.63, 3.8) is 0 Å². The molecule has 1 unspecified atom stereocenters. The number of ether oxygens (including phenoxy) is 1. The van der Waals surface area contributed by atoms with Gasteiger partial charge in [-0.05, 0) is 61.0 Å². The van der Waals surface area contributed by atoms with Crippen molar-refractivity contribution in [3.05, 3.63) is 88.4 Å². The molecule has 0 aliphatic heterocycles. The number of anilines is 1. The molecular weight excluding hydrogens is 537 g/mol. The molecule has 0 saturated carbocycles. The first-order valence-electron chi connectivity index (χ1n) is 11.2. The summed E-state index contributed by atoms with van der Waals surface area (Å²) in [6.45, 7) is 0.964. The molecule has 0 fully saturated rings. The summed E-state index contributed by atoms with van der Waals surface area (Å²) < 4.78 is 33.5. The molecule has 196 valence electrons. The number of hydrogen-bond acceptors (Lipinski definition) is 5. The Kier molecular flexibility index (Phi) is 9.42. The van der Waals surface area contributed by atoms with Gasteiger partial charge in [-0.15, -0.1) is 0 Å². The molecule has 0 radical (unpaired) electrons. The molecule has 1 N–H and O–H groups in total. The number of likely N-dealkylation sites (N-methyl/N-ethyl adjacent to an activating group) is 1. The fourth-order valence-electron chi connectivity index (χ4n) is 3.62. The van der Waals surface area contributed by atoms with Crippen LogP contribution in [0.5, 0.6) is 5.75 Å². The van der Waals surface area contributed by atoms with E-state index in [9.17, 15) is 18.0 Å². The molecule has 3 aromatic carbocycles. The average Bonchev–Trinajstić information content (AvgIpc) is 2.90. The minimum absolute atomic E-state index is 0.0188. The number of carbonyl (C=O) groups is 2. The summed E-state index contributed by atoms with van der Waals surface area (Å²) in [5.41, 5.74) is 0.812. The second kappa shape index (κ2) is 12.3. The molecule has 3 rings (SSSR count). The largest absolute Gasteiger partial charge is 0.497 e. The molecule has 0 bridgehead atoms. The van der Waals surface area contributed by atoms with Crippen LogP contribution in [0.2, 0.25) is 10.0 Å². The van der Waals surface area contributed by atoms with Crippen molar-refractivity contribution < 1.29 is 22.7 Å². The second-order valence-electron chi connectivity index (χ2n) is 8.07. The van der Waals surface area contributed by atoms with Gasteiger partial charge in [-0.2, -0.15) is 0 Å². The number of benzene rings is 3. The highest BCUT2D eigenvalue weighted by atomic mass is 35.5. The molecule has 37 heavy (non-hydrogen) atoms. The maximum absolute atomic E-state index is 13.7. The molecule has 0 heterocycles. The summed E-state index contributed by atoms with van der Waals surface area (Å²) in [4.78, 5) is 27.5. The number of sulfonamides is 1. The zero-order valence-corrected chi connectivity index (χ0v) is 22.8. The van der Waals surface area contributed by atoms with E-state index in [1.165, 1.54) is 37.3 Å². The van der Waals surface area contributed by atoms with E-state index in [1.54, 1.807) is 61.5 Å². The van der Waals surface area contributed by atoms with Gasteiger partial charge in [-0.3, -0.25) is 13.9 Å². The predicted molar refractivity (Wildman–Crippen MR) is 145 cm³/mol. The maximum Gasteiger partial charge on any atom is 0.264 e. The number of nitrogens with zero attached hydrogens (tertiary/aromatic N) is 2. The van der Waals surface area contributed by atoms with Crippen LogP contribution < -0.4 is 14.4 Å². The second-order valence-corrected chi connectivity index (χ2v) is 10.8. The first-order valence-corrected chi connectivity index (χ1v) is 13.4. The Morgan fingerprint density at radius 3 is 2.22 bits per heavy atom. The van der Waals surface area contributed by atoms with Crippen LogP contribution in [-0.4, -0.2) is 51.9 Å². The standard InChI is InChI=1S/C26H27Cl2N3O5S/c1-18(26(33)29-2)30(16-19-9-10-20(27)15-24(19)28)25(32)17-31(21-11-13-22(36-3)14-12-21)37(34,35)23-7-5-4-6-8-23/h4-15,18H,16-17H2,1-3H3,(H,29,33). The van der Waals surface area contributed by atoms with E-state index in [0.717, 1.165) is 4.31 Å². The topological polar surface area (TPSA) is 96.0 Å². The molecule has 1 atom stereocenters. The van der Waals surface area contributed by atoms with Crippen LogP contribution >= 0.6 is 23.2 Å². The summed E-state index contributed by atoms with van der Waals surface area (Å²) in [7, 11) is -1.18. The third-order valence-corrected chi connectivity index (χ3v) is 8.11. The van der Waals surface area contributed by atoms with E-state index in [4.69, 9.17) is 27.9 Å². The number of amides is 2. The number of nitrogens with one attached hydrogen (secondary N) is 1. The van der Waals surface area contributed by atoms with Gasteiger partial charge in [-0.1, -0.05) is 47.5 Å². The Labute approximate surface area is 226 Å². The Morgan fingerprint density at radius 1 is 1.00 bits per heavy atom. The average molecular weight is 564 g/mol. The Hall–Kier alpha value is -3.27. The van der Waals surface area contributed by atoms with Crippen LogP contribution in [0.15, 0.2) is 77.7 Å². The highest BCUT2D eigenvalue weighted by Crippen LogP contribution is 2.27. The molecule has 3 aromatic rings. The van der Waals surface area contributed by atoms with E-state index in [1.807, 2.05) is 0 Å². The first kappa shape index (κ1) is 28.3. The molecule has 11 heteroatoms.